The van der Waals surface area contributed by atoms with Crippen LogP contribution in [0.1, 0.15) is 5.56 Å². The summed E-state index contributed by atoms with van der Waals surface area (Å²) < 4.78 is 0. The number of fused-ring (bicyclic) bond motifs is 1. The van der Waals surface area contributed by atoms with Gasteiger partial charge < -0.3 is 10.0 Å². The zero-order chi connectivity index (χ0) is 14.7. The lowest BCUT2D eigenvalue weighted by molar-refractivity contribution is -0.132. The molecule has 0 aliphatic heterocycles. The Kier molecular flexibility index (Phi) is 3.72. The minimum atomic E-state index is -1.21. The summed E-state index contributed by atoms with van der Waals surface area (Å²) in [4.78, 5) is 12.9. The third-order valence-corrected chi connectivity index (χ3v) is 3.07. The Morgan fingerprint density at radius 1 is 1.20 bits per heavy atom. The Bertz CT molecular complexity index is 740. The van der Waals surface area contributed by atoms with Crippen molar-refractivity contribution in [2.45, 2.75) is 0 Å². The lowest BCUT2D eigenvalue weighted by Crippen LogP contribution is -2.09. The van der Waals surface area contributed by atoms with Crippen LogP contribution < -0.4 is 4.90 Å². The molecule has 0 saturated carbocycles. The van der Waals surface area contributed by atoms with E-state index in [-0.39, 0.29) is 5.57 Å². The van der Waals surface area contributed by atoms with Crippen LogP contribution in [0.2, 0.25) is 0 Å². The van der Waals surface area contributed by atoms with Crippen LogP contribution in [0, 0.1) is 11.3 Å². The van der Waals surface area contributed by atoms with E-state index < -0.39 is 5.97 Å². The molecule has 2 aromatic carbocycles. The van der Waals surface area contributed by atoms with Crippen molar-refractivity contribution >= 4 is 28.5 Å². The molecular formula is C16H14N2O2. The summed E-state index contributed by atoms with van der Waals surface area (Å²) in [5.41, 5.74) is 1.50. The Labute approximate surface area is 117 Å². The topological polar surface area (TPSA) is 64.3 Å². The molecule has 0 bridgehead atoms. The van der Waals surface area contributed by atoms with Gasteiger partial charge in [0, 0.05) is 25.2 Å². The van der Waals surface area contributed by atoms with Gasteiger partial charge in [0.25, 0.3) is 0 Å². The summed E-state index contributed by atoms with van der Waals surface area (Å²) in [5.74, 6) is -1.21. The molecule has 0 aliphatic carbocycles. The normalized spacial score (nSPS) is 11.2. The summed E-state index contributed by atoms with van der Waals surface area (Å²) in [6.07, 6.45) is 1.41. The third kappa shape index (κ3) is 2.47. The molecule has 0 radical (unpaired) electrons. The monoisotopic (exact) mass is 266 g/mol. The molecule has 1 N–H and O–H groups in total. The van der Waals surface area contributed by atoms with Gasteiger partial charge in [-0.2, -0.15) is 5.26 Å². The van der Waals surface area contributed by atoms with E-state index in [1.165, 1.54) is 6.08 Å². The summed E-state index contributed by atoms with van der Waals surface area (Å²) in [5, 5.41) is 19.8. The van der Waals surface area contributed by atoms with E-state index in [0.717, 1.165) is 22.0 Å². The molecular weight excluding hydrogens is 252 g/mol. The van der Waals surface area contributed by atoms with Gasteiger partial charge in [0.2, 0.25) is 0 Å². The number of hydrogen-bond acceptors (Lipinski definition) is 3. The number of aliphatic carboxylic acids is 1. The number of benzene rings is 2. The number of nitrogens with zero attached hydrogens (tertiary/aromatic N) is 2. The van der Waals surface area contributed by atoms with Crippen molar-refractivity contribution < 1.29 is 9.90 Å². The summed E-state index contributed by atoms with van der Waals surface area (Å²) in [6, 6.07) is 13.2. The fourth-order valence-corrected chi connectivity index (χ4v) is 2.12. The number of nitriles is 1. The zero-order valence-electron chi connectivity index (χ0n) is 11.3. The van der Waals surface area contributed by atoms with Crippen molar-refractivity contribution in [1.82, 2.24) is 0 Å². The number of carbonyl (C=O) groups is 1. The van der Waals surface area contributed by atoms with Crippen LogP contribution in [-0.2, 0) is 4.79 Å². The first-order valence-electron chi connectivity index (χ1n) is 6.08. The van der Waals surface area contributed by atoms with E-state index in [1.54, 1.807) is 6.07 Å². The predicted molar refractivity (Wildman–Crippen MR) is 79.5 cm³/mol. The van der Waals surface area contributed by atoms with Crippen molar-refractivity contribution in [2.24, 2.45) is 0 Å². The second-order valence-electron chi connectivity index (χ2n) is 4.59. The lowest BCUT2D eigenvalue weighted by atomic mass is 10.0. The smallest absolute Gasteiger partial charge is 0.346 e. The van der Waals surface area contributed by atoms with E-state index in [9.17, 15) is 4.79 Å². The highest BCUT2D eigenvalue weighted by atomic mass is 16.4. The van der Waals surface area contributed by atoms with Gasteiger partial charge in [-0.05, 0) is 23.1 Å². The summed E-state index contributed by atoms with van der Waals surface area (Å²) in [7, 11) is 3.91. The highest BCUT2D eigenvalue weighted by Gasteiger charge is 2.09. The SMILES string of the molecule is CN(C)c1ccc(C=C(C#N)C(=O)O)c2ccccc12. The largest absolute Gasteiger partial charge is 0.477 e. The molecule has 0 unspecified atom stereocenters. The first-order chi connectivity index (χ1) is 9.54. The standard InChI is InChI=1S/C16H14N2O2/c1-18(2)15-8-7-11(9-12(10-17)16(19)20)13-5-3-4-6-14(13)15/h3-9H,1-2H3,(H,19,20). The molecule has 100 valence electrons. The maximum atomic E-state index is 10.9. The molecule has 0 heterocycles. The molecule has 4 heteroatoms. The Morgan fingerprint density at radius 2 is 1.85 bits per heavy atom. The van der Waals surface area contributed by atoms with Crippen molar-refractivity contribution in [1.29, 1.82) is 5.26 Å². The average Bonchev–Trinajstić information content (AvgIpc) is 2.43. The van der Waals surface area contributed by atoms with Gasteiger partial charge in [0.15, 0.2) is 0 Å². The third-order valence-electron chi connectivity index (χ3n) is 3.07. The van der Waals surface area contributed by atoms with Gasteiger partial charge in [-0.25, -0.2) is 4.79 Å². The minimum absolute atomic E-state index is 0.271. The molecule has 2 aromatic rings. The van der Waals surface area contributed by atoms with Crippen molar-refractivity contribution in [2.75, 3.05) is 19.0 Å². The molecule has 20 heavy (non-hydrogen) atoms. The first-order valence-corrected chi connectivity index (χ1v) is 6.08. The fraction of sp³-hybridized carbons (Fsp3) is 0.125. The molecule has 2 rings (SSSR count). The number of hydrogen-bond donors (Lipinski definition) is 1. The second kappa shape index (κ2) is 5.45. The van der Waals surface area contributed by atoms with Gasteiger partial charge in [-0.1, -0.05) is 30.3 Å². The van der Waals surface area contributed by atoms with Crippen LogP contribution in [0.25, 0.3) is 16.8 Å². The van der Waals surface area contributed by atoms with E-state index in [1.807, 2.05) is 55.4 Å². The highest BCUT2D eigenvalue weighted by Crippen LogP contribution is 2.29. The van der Waals surface area contributed by atoms with Crippen molar-refractivity contribution in [3.8, 4) is 6.07 Å². The van der Waals surface area contributed by atoms with Crippen LogP contribution in [-0.4, -0.2) is 25.2 Å². The summed E-state index contributed by atoms with van der Waals surface area (Å²) in [6.45, 7) is 0. The maximum absolute atomic E-state index is 10.9. The van der Waals surface area contributed by atoms with Crippen molar-refractivity contribution in [3.63, 3.8) is 0 Å². The Morgan fingerprint density at radius 3 is 2.40 bits per heavy atom. The van der Waals surface area contributed by atoms with Gasteiger partial charge in [0.1, 0.15) is 11.6 Å². The number of rotatable bonds is 3. The fourth-order valence-electron chi connectivity index (χ4n) is 2.12. The zero-order valence-corrected chi connectivity index (χ0v) is 11.3. The van der Waals surface area contributed by atoms with Crippen LogP contribution in [0.4, 0.5) is 5.69 Å². The molecule has 0 atom stereocenters. The highest BCUT2D eigenvalue weighted by molar-refractivity contribution is 6.03. The molecule has 0 fully saturated rings. The quantitative estimate of drug-likeness (QED) is 0.685. The lowest BCUT2D eigenvalue weighted by Gasteiger charge is -2.16. The Balaban J connectivity index is 2.72. The van der Waals surface area contributed by atoms with Crippen LogP contribution in [0.5, 0.6) is 0 Å². The average molecular weight is 266 g/mol. The van der Waals surface area contributed by atoms with Crippen LogP contribution in [0.3, 0.4) is 0 Å². The van der Waals surface area contributed by atoms with Gasteiger partial charge >= 0.3 is 5.97 Å². The molecule has 0 amide bonds. The van der Waals surface area contributed by atoms with Crippen molar-refractivity contribution in [3.05, 3.63) is 47.5 Å². The van der Waals surface area contributed by atoms with E-state index >= 15 is 0 Å². The van der Waals surface area contributed by atoms with Gasteiger partial charge in [-0.3, -0.25) is 0 Å². The first kappa shape index (κ1) is 13.6. The molecule has 0 aromatic heterocycles. The second-order valence-corrected chi connectivity index (χ2v) is 4.59. The van der Waals surface area contributed by atoms with Gasteiger partial charge in [-0.15, -0.1) is 0 Å². The van der Waals surface area contributed by atoms with Gasteiger partial charge in [0.05, 0.1) is 0 Å². The Hall–Kier alpha value is -2.80. The number of carboxylic acids is 1. The number of carboxylic acid groups (broad SMARTS) is 1. The van der Waals surface area contributed by atoms with E-state index in [0.29, 0.717) is 0 Å². The molecule has 0 aliphatic rings. The van der Waals surface area contributed by atoms with Crippen LogP contribution >= 0.6 is 0 Å². The van der Waals surface area contributed by atoms with E-state index in [2.05, 4.69) is 0 Å². The predicted octanol–water partition coefficient (Wildman–Crippen LogP) is 2.90. The molecule has 0 saturated heterocycles. The van der Waals surface area contributed by atoms with E-state index in [4.69, 9.17) is 10.4 Å². The maximum Gasteiger partial charge on any atom is 0.346 e. The molecule has 4 nitrogen and oxygen atoms in total. The van der Waals surface area contributed by atoms with Crippen LogP contribution in [0.15, 0.2) is 42.0 Å². The molecule has 0 spiro atoms. The summed E-state index contributed by atoms with van der Waals surface area (Å²) >= 11 is 0. The number of anilines is 1. The minimum Gasteiger partial charge on any atom is -0.477 e.